The van der Waals surface area contributed by atoms with Crippen LogP contribution in [0.15, 0.2) is 10.8 Å². The average molecular weight is 213 g/mol. The lowest BCUT2D eigenvalue weighted by molar-refractivity contribution is 0.0703. The lowest BCUT2D eigenvalue weighted by atomic mass is 10.2. The van der Waals surface area contributed by atoms with E-state index >= 15 is 0 Å². The van der Waals surface area contributed by atoms with Gasteiger partial charge in [0.15, 0.2) is 0 Å². The molecule has 1 aromatic rings. The van der Waals surface area contributed by atoms with Gasteiger partial charge in [-0.25, -0.2) is 0 Å². The minimum absolute atomic E-state index is 0.0235. The fourth-order valence-corrected chi connectivity index (χ4v) is 2.09. The van der Waals surface area contributed by atoms with Gasteiger partial charge in [0.1, 0.15) is 0 Å². The van der Waals surface area contributed by atoms with E-state index in [0.29, 0.717) is 6.54 Å². The lowest BCUT2D eigenvalue weighted by Crippen LogP contribution is -2.33. The van der Waals surface area contributed by atoms with E-state index in [1.54, 1.807) is 18.9 Å². The van der Waals surface area contributed by atoms with Crippen LogP contribution in [0.1, 0.15) is 22.8 Å². The minimum Gasteiger partial charge on any atom is -0.392 e. The minimum atomic E-state index is -0.483. The summed E-state index contributed by atoms with van der Waals surface area (Å²) in [6, 6.07) is 0. The zero-order valence-electron chi connectivity index (χ0n) is 8.65. The molecule has 14 heavy (non-hydrogen) atoms. The molecule has 1 atom stereocenters. The fraction of sp³-hybridized carbons (Fsp3) is 0.500. The number of aliphatic hydroxyl groups is 1. The van der Waals surface area contributed by atoms with Gasteiger partial charge in [0.05, 0.1) is 11.7 Å². The highest BCUT2D eigenvalue weighted by atomic mass is 32.1. The van der Waals surface area contributed by atoms with Gasteiger partial charge in [-0.1, -0.05) is 0 Å². The molecule has 1 amide bonds. The van der Waals surface area contributed by atoms with E-state index in [9.17, 15) is 4.79 Å². The first-order valence-electron chi connectivity index (χ1n) is 4.48. The van der Waals surface area contributed by atoms with Crippen molar-refractivity contribution in [3.63, 3.8) is 0 Å². The van der Waals surface area contributed by atoms with Gasteiger partial charge < -0.3 is 10.0 Å². The van der Waals surface area contributed by atoms with Crippen molar-refractivity contribution >= 4 is 17.2 Å². The van der Waals surface area contributed by atoms with E-state index in [2.05, 4.69) is 0 Å². The quantitative estimate of drug-likeness (QED) is 0.826. The molecule has 0 aliphatic heterocycles. The average Bonchev–Trinajstić information content (AvgIpc) is 2.48. The third-order valence-corrected chi connectivity index (χ3v) is 2.83. The molecule has 1 rings (SSSR count). The molecule has 1 N–H and O–H groups in total. The zero-order valence-corrected chi connectivity index (χ0v) is 9.47. The first-order valence-corrected chi connectivity index (χ1v) is 5.43. The molecule has 1 aromatic heterocycles. The Kier molecular flexibility index (Phi) is 3.66. The maximum absolute atomic E-state index is 11.8. The van der Waals surface area contributed by atoms with E-state index in [-0.39, 0.29) is 5.91 Å². The number of carbonyl (C=O) groups is 1. The summed E-state index contributed by atoms with van der Waals surface area (Å²) in [4.78, 5) is 13.3. The number of nitrogens with zero attached hydrogens (tertiary/aromatic N) is 1. The highest BCUT2D eigenvalue weighted by Gasteiger charge is 2.15. The number of rotatable bonds is 3. The van der Waals surface area contributed by atoms with Crippen molar-refractivity contribution in [3.8, 4) is 0 Å². The van der Waals surface area contributed by atoms with Crippen molar-refractivity contribution in [1.29, 1.82) is 0 Å². The van der Waals surface area contributed by atoms with Crippen molar-refractivity contribution in [2.75, 3.05) is 13.6 Å². The number of aliphatic hydroxyl groups excluding tert-OH is 1. The highest BCUT2D eigenvalue weighted by Crippen LogP contribution is 2.15. The van der Waals surface area contributed by atoms with E-state index in [1.165, 1.54) is 11.3 Å². The van der Waals surface area contributed by atoms with E-state index in [0.717, 1.165) is 11.1 Å². The van der Waals surface area contributed by atoms with Crippen molar-refractivity contribution in [3.05, 3.63) is 21.9 Å². The summed E-state index contributed by atoms with van der Waals surface area (Å²) in [5.41, 5.74) is 1.73. The van der Waals surface area contributed by atoms with Crippen LogP contribution in [-0.2, 0) is 0 Å². The SMILES string of the molecule is Cc1cscc1C(=O)N(C)CC(C)O. The van der Waals surface area contributed by atoms with Crippen LogP contribution in [0.5, 0.6) is 0 Å². The summed E-state index contributed by atoms with van der Waals surface area (Å²) < 4.78 is 0. The van der Waals surface area contributed by atoms with Crippen molar-refractivity contribution in [1.82, 2.24) is 4.90 Å². The number of hydrogen-bond acceptors (Lipinski definition) is 3. The Morgan fingerprint density at radius 1 is 1.64 bits per heavy atom. The third-order valence-electron chi connectivity index (χ3n) is 1.97. The Balaban J connectivity index is 2.71. The van der Waals surface area contributed by atoms with Crippen LogP contribution >= 0.6 is 11.3 Å². The lowest BCUT2D eigenvalue weighted by Gasteiger charge is -2.18. The molecular formula is C10H15NO2S. The molecule has 0 aliphatic rings. The van der Waals surface area contributed by atoms with E-state index in [1.807, 2.05) is 17.7 Å². The molecule has 0 bridgehead atoms. The van der Waals surface area contributed by atoms with Crippen LogP contribution in [0, 0.1) is 6.92 Å². The Labute approximate surface area is 88.0 Å². The molecule has 78 valence electrons. The molecule has 1 unspecified atom stereocenters. The first kappa shape index (κ1) is 11.2. The summed E-state index contributed by atoms with van der Waals surface area (Å²) in [6.07, 6.45) is -0.483. The summed E-state index contributed by atoms with van der Waals surface area (Å²) in [5.74, 6) is -0.0235. The normalized spacial score (nSPS) is 12.6. The number of aryl methyl sites for hydroxylation is 1. The predicted octanol–water partition coefficient (Wildman–Crippen LogP) is 1.51. The van der Waals surface area contributed by atoms with Gasteiger partial charge in [0.2, 0.25) is 0 Å². The molecule has 3 nitrogen and oxygen atoms in total. The molecule has 1 heterocycles. The molecule has 0 aliphatic carbocycles. The number of hydrogen-bond donors (Lipinski definition) is 1. The van der Waals surface area contributed by atoms with Crippen molar-refractivity contribution < 1.29 is 9.90 Å². The van der Waals surface area contributed by atoms with Gasteiger partial charge in [-0.05, 0) is 24.8 Å². The molecule has 0 radical (unpaired) electrons. The van der Waals surface area contributed by atoms with Crippen LogP contribution in [0.2, 0.25) is 0 Å². The Morgan fingerprint density at radius 2 is 2.29 bits per heavy atom. The number of amides is 1. The number of likely N-dealkylation sites (N-methyl/N-ethyl adjacent to an activating group) is 1. The second-order valence-corrected chi connectivity index (χ2v) is 4.25. The van der Waals surface area contributed by atoms with Gasteiger partial charge in [0.25, 0.3) is 5.91 Å². The van der Waals surface area contributed by atoms with Gasteiger partial charge in [-0.2, -0.15) is 11.3 Å². The molecule has 4 heteroatoms. The van der Waals surface area contributed by atoms with Gasteiger partial charge in [-0.15, -0.1) is 0 Å². The highest BCUT2D eigenvalue weighted by molar-refractivity contribution is 7.08. The smallest absolute Gasteiger partial charge is 0.254 e. The second kappa shape index (κ2) is 4.57. The fourth-order valence-electron chi connectivity index (χ4n) is 1.26. The molecule has 0 saturated carbocycles. The third kappa shape index (κ3) is 2.56. The first-order chi connectivity index (χ1) is 6.52. The topological polar surface area (TPSA) is 40.5 Å². The predicted molar refractivity (Wildman–Crippen MR) is 57.7 cm³/mol. The van der Waals surface area contributed by atoms with Gasteiger partial charge >= 0.3 is 0 Å². The number of carbonyl (C=O) groups excluding carboxylic acids is 1. The van der Waals surface area contributed by atoms with Crippen molar-refractivity contribution in [2.45, 2.75) is 20.0 Å². The Morgan fingerprint density at radius 3 is 2.71 bits per heavy atom. The maximum atomic E-state index is 11.8. The van der Waals surface area contributed by atoms with Gasteiger partial charge in [-0.3, -0.25) is 4.79 Å². The molecule has 0 saturated heterocycles. The largest absolute Gasteiger partial charge is 0.392 e. The number of thiophene rings is 1. The Hall–Kier alpha value is -0.870. The molecule has 0 spiro atoms. The molecule has 0 aromatic carbocycles. The van der Waals surface area contributed by atoms with E-state index in [4.69, 9.17) is 5.11 Å². The maximum Gasteiger partial charge on any atom is 0.254 e. The van der Waals surface area contributed by atoms with Crippen LogP contribution in [0.25, 0.3) is 0 Å². The molecule has 0 fully saturated rings. The van der Waals surface area contributed by atoms with Gasteiger partial charge in [0, 0.05) is 19.0 Å². The summed E-state index contributed by atoms with van der Waals surface area (Å²) in [5, 5.41) is 12.9. The summed E-state index contributed by atoms with van der Waals surface area (Å²) in [7, 11) is 1.70. The Bertz CT molecular complexity index is 320. The second-order valence-electron chi connectivity index (χ2n) is 3.50. The summed E-state index contributed by atoms with van der Waals surface area (Å²) in [6.45, 7) is 3.96. The monoisotopic (exact) mass is 213 g/mol. The standard InChI is InChI=1S/C10H15NO2S/c1-7-5-14-6-9(7)10(13)11(3)4-8(2)12/h5-6,8,12H,4H2,1-3H3. The van der Waals surface area contributed by atoms with Crippen LogP contribution in [-0.4, -0.2) is 35.6 Å². The van der Waals surface area contributed by atoms with Crippen LogP contribution < -0.4 is 0 Å². The van der Waals surface area contributed by atoms with Crippen LogP contribution in [0.3, 0.4) is 0 Å². The van der Waals surface area contributed by atoms with Crippen LogP contribution in [0.4, 0.5) is 0 Å². The zero-order chi connectivity index (χ0) is 10.7. The summed E-state index contributed by atoms with van der Waals surface area (Å²) >= 11 is 1.52. The molecular weight excluding hydrogens is 198 g/mol. The van der Waals surface area contributed by atoms with E-state index < -0.39 is 6.10 Å². The van der Waals surface area contributed by atoms with Crippen molar-refractivity contribution in [2.24, 2.45) is 0 Å².